The van der Waals surface area contributed by atoms with E-state index >= 15 is 0 Å². The number of rotatable bonds is 3. The van der Waals surface area contributed by atoms with Gasteiger partial charge in [0.15, 0.2) is 11.5 Å². The lowest BCUT2D eigenvalue weighted by atomic mass is 10.1. The first-order valence-corrected chi connectivity index (χ1v) is 10.4. The lowest BCUT2D eigenvalue weighted by molar-refractivity contribution is 0.713. The molecule has 0 radical (unpaired) electrons. The third-order valence-corrected chi connectivity index (χ3v) is 5.96. The van der Waals surface area contributed by atoms with Gasteiger partial charge >= 0.3 is 0 Å². The van der Waals surface area contributed by atoms with E-state index in [1.54, 1.807) is 10.9 Å². The molecule has 9 nitrogen and oxygen atoms in total. The summed E-state index contributed by atoms with van der Waals surface area (Å²) in [7, 11) is 1.83. The van der Waals surface area contributed by atoms with Gasteiger partial charge < -0.3 is 11.5 Å². The van der Waals surface area contributed by atoms with E-state index in [4.69, 9.17) is 21.4 Å². The Morgan fingerprint density at radius 1 is 1.06 bits per heavy atom. The summed E-state index contributed by atoms with van der Waals surface area (Å²) in [6.45, 7) is 0. The maximum Gasteiger partial charge on any atom is 0.165 e. The van der Waals surface area contributed by atoms with Gasteiger partial charge in [0.1, 0.15) is 17.0 Å². The normalized spacial score (nSPS) is 15.4. The van der Waals surface area contributed by atoms with Crippen LogP contribution in [0.15, 0.2) is 54.9 Å². The number of aromatic nitrogens is 7. The molecule has 0 spiro atoms. The summed E-state index contributed by atoms with van der Waals surface area (Å²) in [5, 5.41) is 8.24. The summed E-state index contributed by atoms with van der Waals surface area (Å²) in [6.07, 6.45) is 5.43. The Morgan fingerprint density at radius 2 is 1.97 bits per heavy atom. The highest BCUT2D eigenvalue weighted by atomic mass is 15.4. The molecule has 0 saturated carbocycles. The van der Waals surface area contributed by atoms with Crippen molar-refractivity contribution in [3.05, 3.63) is 66.0 Å². The van der Waals surface area contributed by atoms with Crippen LogP contribution in [0.25, 0.3) is 39.6 Å². The molecule has 1 aliphatic carbocycles. The Balaban J connectivity index is 1.63. The number of nitrogens with two attached hydrogens (primary N) is 2. The van der Waals surface area contributed by atoms with Crippen molar-refractivity contribution in [1.29, 1.82) is 0 Å². The molecular weight excluding hydrogens is 402 g/mol. The van der Waals surface area contributed by atoms with Crippen molar-refractivity contribution in [2.24, 2.45) is 12.8 Å². The van der Waals surface area contributed by atoms with E-state index in [0.29, 0.717) is 23.0 Å². The van der Waals surface area contributed by atoms with E-state index < -0.39 is 0 Å². The number of aryl methyl sites for hydroxylation is 2. The van der Waals surface area contributed by atoms with Gasteiger partial charge in [-0.25, -0.2) is 15.0 Å². The average molecular weight is 423 g/mol. The average Bonchev–Trinajstić information content (AvgIpc) is 3.50. The summed E-state index contributed by atoms with van der Waals surface area (Å²) in [5.74, 6) is 1.11. The lowest BCUT2D eigenvalue weighted by Crippen LogP contribution is -2.06. The molecule has 4 aromatic heterocycles. The van der Waals surface area contributed by atoms with E-state index in [1.807, 2.05) is 42.1 Å². The molecule has 0 aliphatic heterocycles. The van der Waals surface area contributed by atoms with Gasteiger partial charge in [-0.05, 0) is 60.4 Å². The first-order valence-electron chi connectivity index (χ1n) is 10.4. The zero-order chi connectivity index (χ0) is 21.8. The van der Waals surface area contributed by atoms with Gasteiger partial charge in [-0.1, -0.05) is 11.3 Å². The number of imidazole rings is 1. The zero-order valence-electron chi connectivity index (χ0n) is 17.5. The van der Waals surface area contributed by atoms with E-state index in [2.05, 4.69) is 33.5 Å². The number of benzene rings is 1. The molecule has 0 bridgehead atoms. The molecule has 0 amide bonds. The number of hydrogen-bond acceptors (Lipinski definition) is 7. The van der Waals surface area contributed by atoms with E-state index in [0.717, 1.165) is 35.3 Å². The molecule has 32 heavy (non-hydrogen) atoms. The maximum absolute atomic E-state index is 6.26. The number of pyridine rings is 2. The summed E-state index contributed by atoms with van der Waals surface area (Å²) in [5.41, 5.74) is 19.6. The van der Waals surface area contributed by atoms with Crippen molar-refractivity contribution in [3.8, 4) is 28.5 Å². The molecule has 158 valence electrons. The third-order valence-electron chi connectivity index (χ3n) is 5.96. The van der Waals surface area contributed by atoms with Crippen molar-refractivity contribution in [3.63, 3.8) is 0 Å². The van der Waals surface area contributed by atoms with Crippen molar-refractivity contribution >= 4 is 17.0 Å². The smallest absolute Gasteiger partial charge is 0.165 e. The van der Waals surface area contributed by atoms with Crippen LogP contribution in [0.3, 0.4) is 0 Å². The van der Waals surface area contributed by atoms with Gasteiger partial charge in [0.2, 0.25) is 0 Å². The van der Waals surface area contributed by atoms with Crippen LogP contribution in [0.1, 0.15) is 23.6 Å². The standard InChI is InChI=1S/C23H21N9/c1-31-12-20(29-30-31)18-8-9-19-23(27-18)32(22(28-19)16-3-2-10-26-21(16)25)14-5-6-15-13(11-14)4-7-17(15)24/h2-3,5-6,8-12,17H,4,7,24H2,1H3,(H2,25,26)/t17-/m0/s1. The molecule has 0 fully saturated rings. The minimum absolute atomic E-state index is 0.0911. The van der Waals surface area contributed by atoms with Gasteiger partial charge in [0, 0.05) is 25.0 Å². The molecule has 4 N–H and O–H groups in total. The Labute approximate surface area is 183 Å². The van der Waals surface area contributed by atoms with Crippen molar-refractivity contribution < 1.29 is 0 Å². The Hall–Kier alpha value is -4.11. The SMILES string of the molecule is Cn1cc(-c2ccc3nc(-c4cccnc4N)n(-c4ccc5c(c4)CC[C@@H]5N)c3n2)nn1. The fraction of sp³-hybridized carbons (Fsp3) is 0.174. The summed E-state index contributed by atoms with van der Waals surface area (Å²) >= 11 is 0. The van der Waals surface area contributed by atoms with Gasteiger partial charge in [0.05, 0.1) is 17.5 Å². The van der Waals surface area contributed by atoms with Crippen LogP contribution >= 0.6 is 0 Å². The predicted octanol–water partition coefficient (Wildman–Crippen LogP) is 2.81. The van der Waals surface area contributed by atoms with Crippen LogP contribution in [-0.2, 0) is 13.5 Å². The molecular formula is C23H21N9. The lowest BCUT2D eigenvalue weighted by Gasteiger charge is -2.12. The summed E-state index contributed by atoms with van der Waals surface area (Å²) in [6, 6.07) is 14.1. The molecule has 5 aromatic rings. The molecule has 0 unspecified atom stereocenters. The largest absolute Gasteiger partial charge is 0.383 e. The van der Waals surface area contributed by atoms with Crippen LogP contribution in [0.2, 0.25) is 0 Å². The summed E-state index contributed by atoms with van der Waals surface area (Å²) < 4.78 is 3.69. The second-order valence-electron chi connectivity index (χ2n) is 8.05. The minimum atomic E-state index is 0.0911. The maximum atomic E-state index is 6.26. The zero-order valence-corrected chi connectivity index (χ0v) is 17.5. The molecule has 0 saturated heterocycles. The highest BCUT2D eigenvalue weighted by Gasteiger charge is 2.23. The molecule has 1 aliphatic rings. The van der Waals surface area contributed by atoms with E-state index in [1.165, 1.54) is 11.1 Å². The minimum Gasteiger partial charge on any atom is -0.383 e. The van der Waals surface area contributed by atoms with Crippen LogP contribution < -0.4 is 11.5 Å². The van der Waals surface area contributed by atoms with E-state index in [9.17, 15) is 0 Å². The first kappa shape index (κ1) is 18.6. The van der Waals surface area contributed by atoms with Gasteiger partial charge in [-0.15, -0.1) is 5.10 Å². The Kier molecular flexibility index (Phi) is 4.05. The van der Waals surface area contributed by atoms with Gasteiger partial charge in [-0.3, -0.25) is 9.25 Å². The topological polar surface area (TPSA) is 126 Å². The van der Waals surface area contributed by atoms with Crippen molar-refractivity contribution in [2.45, 2.75) is 18.9 Å². The van der Waals surface area contributed by atoms with Crippen LogP contribution in [0, 0.1) is 0 Å². The van der Waals surface area contributed by atoms with Gasteiger partial charge in [0.25, 0.3) is 0 Å². The number of anilines is 1. The fourth-order valence-corrected chi connectivity index (χ4v) is 4.37. The van der Waals surface area contributed by atoms with Crippen LogP contribution in [-0.4, -0.2) is 34.5 Å². The highest BCUT2D eigenvalue weighted by Crippen LogP contribution is 2.35. The second-order valence-corrected chi connectivity index (χ2v) is 8.05. The molecule has 9 heteroatoms. The summed E-state index contributed by atoms with van der Waals surface area (Å²) in [4.78, 5) is 14.1. The molecule has 4 heterocycles. The second kappa shape index (κ2) is 6.96. The number of nitrogen functional groups attached to an aromatic ring is 1. The van der Waals surface area contributed by atoms with Crippen LogP contribution in [0.5, 0.6) is 0 Å². The predicted molar refractivity (Wildman–Crippen MR) is 122 cm³/mol. The molecule has 1 atom stereocenters. The van der Waals surface area contributed by atoms with E-state index in [-0.39, 0.29) is 6.04 Å². The first-order chi connectivity index (χ1) is 15.6. The van der Waals surface area contributed by atoms with Crippen LogP contribution in [0.4, 0.5) is 5.82 Å². The molecule has 1 aromatic carbocycles. The van der Waals surface area contributed by atoms with Gasteiger partial charge in [-0.2, -0.15) is 0 Å². The highest BCUT2D eigenvalue weighted by molar-refractivity contribution is 5.84. The number of hydrogen-bond donors (Lipinski definition) is 2. The van der Waals surface area contributed by atoms with Crippen molar-refractivity contribution in [2.75, 3.05) is 5.73 Å². The third kappa shape index (κ3) is 2.86. The number of nitrogens with zero attached hydrogens (tertiary/aromatic N) is 7. The molecule has 6 rings (SSSR count). The fourth-order valence-electron chi connectivity index (χ4n) is 4.37. The monoisotopic (exact) mass is 423 g/mol. The Morgan fingerprint density at radius 3 is 2.78 bits per heavy atom. The van der Waals surface area contributed by atoms with Crippen molar-refractivity contribution in [1.82, 2.24) is 34.5 Å². The number of fused-ring (bicyclic) bond motifs is 2. The quantitative estimate of drug-likeness (QED) is 0.457. The Bertz CT molecular complexity index is 1480.